The number of nitrogens with zero attached hydrogens (tertiary/aromatic N) is 5. The summed E-state index contributed by atoms with van der Waals surface area (Å²) in [5.41, 5.74) is 3.50. The maximum Gasteiger partial charge on any atom is 0.318 e. The second-order valence-electron chi connectivity index (χ2n) is 7.03. The van der Waals surface area contributed by atoms with E-state index < -0.39 is 11.1 Å². The molecule has 3 aromatic rings. The molecule has 150 valence electrons. The van der Waals surface area contributed by atoms with Crippen LogP contribution in [0, 0.1) is 0 Å². The Balaban J connectivity index is 1.70. The van der Waals surface area contributed by atoms with Gasteiger partial charge in [-0.05, 0) is 30.5 Å². The number of hydrogen-bond donors (Lipinski definition) is 1. The van der Waals surface area contributed by atoms with Crippen LogP contribution in [0.4, 0.5) is 5.95 Å². The summed E-state index contributed by atoms with van der Waals surface area (Å²) in [4.78, 5) is 33.7. The van der Waals surface area contributed by atoms with Crippen molar-refractivity contribution in [2.45, 2.75) is 31.7 Å². The first-order valence-corrected chi connectivity index (χ1v) is 9.50. The van der Waals surface area contributed by atoms with Gasteiger partial charge in [0.15, 0.2) is 5.65 Å². The molecule has 1 aliphatic carbocycles. The first kappa shape index (κ1) is 18.9. The molecule has 1 fully saturated rings. The van der Waals surface area contributed by atoms with Crippen molar-refractivity contribution in [1.29, 1.82) is 0 Å². The number of aromatic nitrogens is 4. The molecule has 0 bridgehead atoms. The minimum atomic E-state index is -0.565. The average Bonchev–Trinajstić information content (AvgIpc) is 3.27. The topological polar surface area (TPSA) is 103 Å². The highest BCUT2D eigenvalue weighted by Gasteiger charge is 2.23. The minimum absolute atomic E-state index is 0.0121. The van der Waals surface area contributed by atoms with Gasteiger partial charge in [-0.1, -0.05) is 25.0 Å². The fraction of sp³-hybridized carbons (Fsp3) is 0.350. The quantitative estimate of drug-likeness (QED) is 0.404. The van der Waals surface area contributed by atoms with Crippen LogP contribution < -0.4 is 21.3 Å². The summed E-state index contributed by atoms with van der Waals surface area (Å²) in [7, 11) is 3.16. The number of ether oxygens (including phenoxy) is 1. The molecule has 1 saturated carbocycles. The second kappa shape index (κ2) is 7.86. The Morgan fingerprint density at radius 2 is 2.03 bits per heavy atom. The lowest BCUT2D eigenvalue weighted by molar-refractivity contribution is 0.415. The Kier molecular flexibility index (Phi) is 5.11. The Morgan fingerprint density at radius 3 is 2.79 bits per heavy atom. The van der Waals surface area contributed by atoms with Crippen LogP contribution >= 0.6 is 0 Å². The molecule has 0 aliphatic heterocycles. The van der Waals surface area contributed by atoms with Crippen molar-refractivity contribution in [3.8, 4) is 5.75 Å². The molecule has 1 aromatic carbocycles. The van der Waals surface area contributed by atoms with E-state index in [9.17, 15) is 9.59 Å². The maximum absolute atomic E-state index is 12.7. The van der Waals surface area contributed by atoms with E-state index in [1.165, 1.54) is 15.3 Å². The molecule has 0 radical (unpaired) electrons. The zero-order valence-corrected chi connectivity index (χ0v) is 16.3. The SMILES string of the molecule is COc1cccc(C=NNc2ncc3c(n2)n(C2CCCC2)c(=O)c(=O)n3C)c1. The number of aryl methyl sites for hydroxylation is 1. The van der Waals surface area contributed by atoms with E-state index in [-0.39, 0.29) is 12.0 Å². The van der Waals surface area contributed by atoms with Crippen LogP contribution in [-0.4, -0.2) is 32.4 Å². The van der Waals surface area contributed by atoms with Gasteiger partial charge in [-0.15, -0.1) is 0 Å². The lowest BCUT2D eigenvalue weighted by Gasteiger charge is -2.17. The van der Waals surface area contributed by atoms with Gasteiger partial charge in [0.05, 0.1) is 19.5 Å². The van der Waals surface area contributed by atoms with Crippen molar-refractivity contribution in [3.05, 3.63) is 56.7 Å². The predicted octanol–water partition coefficient (Wildman–Crippen LogP) is 2.06. The summed E-state index contributed by atoms with van der Waals surface area (Å²) in [6.07, 6.45) is 6.97. The monoisotopic (exact) mass is 394 g/mol. The van der Waals surface area contributed by atoms with Crippen molar-refractivity contribution in [1.82, 2.24) is 19.1 Å². The number of nitrogens with one attached hydrogen (secondary N) is 1. The van der Waals surface area contributed by atoms with Gasteiger partial charge in [-0.2, -0.15) is 10.1 Å². The number of fused-ring (bicyclic) bond motifs is 1. The molecule has 2 heterocycles. The van der Waals surface area contributed by atoms with Crippen LogP contribution in [0.1, 0.15) is 37.3 Å². The first-order chi connectivity index (χ1) is 14.1. The van der Waals surface area contributed by atoms with Gasteiger partial charge in [0.2, 0.25) is 5.95 Å². The van der Waals surface area contributed by atoms with E-state index in [4.69, 9.17) is 4.74 Å². The average molecular weight is 394 g/mol. The van der Waals surface area contributed by atoms with Crippen LogP contribution in [0.15, 0.2) is 45.2 Å². The van der Waals surface area contributed by atoms with Crippen molar-refractivity contribution in [3.63, 3.8) is 0 Å². The number of anilines is 1. The van der Waals surface area contributed by atoms with E-state index in [0.29, 0.717) is 11.2 Å². The fourth-order valence-electron chi connectivity index (χ4n) is 3.67. The largest absolute Gasteiger partial charge is 0.497 e. The maximum atomic E-state index is 12.7. The molecular weight excluding hydrogens is 372 g/mol. The molecule has 1 N–H and O–H groups in total. The third-order valence-electron chi connectivity index (χ3n) is 5.21. The summed E-state index contributed by atoms with van der Waals surface area (Å²) in [5.74, 6) is 0.985. The van der Waals surface area contributed by atoms with Gasteiger partial charge < -0.3 is 9.30 Å². The van der Waals surface area contributed by atoms with E-state index in [1.54, 1.807) is 20.4 Å². The molecule has 29 heavy (non-hydrogen) atoms. The molecule has 1 aliphatic rings. The fourth-order valence-corrected chi connectivity index (χ4v) is 3.67. The van der Waals surface area contributed by atoms with Crippen molar-refractivity contribution < 1.29 is 4.74 Å². The van der Waals surface area contributed by atoms with Gasteiger partial charge in [-0.3, -0.25) is 14.2 Å². The molecule has 2 aromatic heterocycles. The summed E-state index contributed by atoms with van der Waals surface area (Å²) < 4.78 is 8.02. The molecule has 0 unspecified atom stereocenters. The zero-order valence-electron chi connectivity index (χ0n) is 16.3. The van der Waals surface area contributed by atoms with E-state index >= 15 is 0 Å². The van der Waals surface area contributed by atoms with Gasteiger partial charge >= 0.3 is 11.1 Å². The van der Waals surface area contributed by atoms with Gasteiger partial charge in [0.25, 0.3) is 0 Å². The zero-order chi connectivity index (χ0) is 20.4. The molecule has 0 atom stereocenters. The Bertz CT molecular complexity index is 1190. The number of hydrazone groups is 1. The number of rotatable bonds is 5. The normalized spacial score (nSPS) is 14.7. The summed E-state index contributed by atoms with van der Waals surface area (Å²) >= 11 is 0. The lowest BCUT2D eigenvalue weighted by atomic mass is 10.2. The summed E-state index contributed by atoms with van der Waals surface area (Å²) in [6, 6.07) is 7.45. The summed E-state index contributed by atoms with van der Waals surface area (Å²) in [5, 5.41) is 4.17. The molecule has 9 nitrogen and oxygen atoms in total. The number of benzene rings is 1. The minimum Gasteiger partial charge on any atom is -0.497 e. The lowest BCUT2D eigenvalue weighted by Crippen LogP contribution is -2.42. The van der Waals surface area contributed by atoms with Crippen molar-refractivity contribution >= 4 is 23.3 Å². The smallest absolute Gasteiger partial charge is 0.318 e. The van der Waals surface area contributed by atoms with E-state index in [2.05, 4.69) is 20.5 Å². The third kappa shape index (κ3) is 3.63. The second-order valence-corrected chi connectivity index (χ2v) is 7.03. The number of methoxy groups -OCH3 is 1. The number of hydrogen-bond acceptors (Lipinski definition) is 7. The molecule has 9 heteroatoms. The Labute approximate surface area is 166 Å². The van der Waals surface area contributed by atoms with Crippen LogP contribution in [0.5, 0.6) is 5.75 Å². The van der Waals surface area contributed by atoms with Crippen molar-refractivity contribution in [2.75, 3.05) is 12.5 Å². The first-order valence-electron chi connectivity index (χ1n) is 9.50. The van der Waals surface area contributed by atoms with E-state index in [1.807, 2.05) is 24.3 Å². The summed E-state index contributed by atoms with van der Waals surface area (Å²) in [6.45, 7) is 0. The molecule has 0 saturated heterocycles. The van der Waals surface area contributed by atoms with Gasteiger partial charge in [-0.25, -0.2) is 10.4 Å². The third-order valence-corrected chi connectivity index (χ3v) is 5.21. The Morgan fingerprint density at radius 1 is 1.24 bits per heavy atom. The Hall–Kier alpha value is -3.49. The highest BCUT2D eigenvalue weighted by Crippen LogP contribution is 2.29. The molecule has 4 rings (SSSR count). The van der Waals surface area contributed by atoms with Crippen LogP contribution in [0.2, 0.25) is 0 Å². The van der Waals surface area contributed by atoms with E-state index in [0.717, 1.165) is 37.0 Å². The predicted molar refractivity (Wildman–Crippen MR) is 111 cm³/mol. The molecular formula is C20H22N6O3. The van der Waals surface area contributed by atoms with Crippen LogP contribution in [0.3, 0.4) is 0 Å². The van der Waals surface area contributed by atoms with Gasteiger partial charge in [0.1, 0.15) is 11.3 Å². The molecule has 0 amide bonds. The highest BCUT2D eigenvalue weighted by molar-refractivity contribution is 5.80. The van der Waals surface area contributed by atoms with Crippen LogP contribution in [0.25, 0.3) is 11.2 Å². The van der Waals surface area contributed by atoms with Crippen molar-refractivity contribution in [2.24, 2.45) is 12.1 Å². The van der Waals surface area contributed by atoms with Crippen LogP contribution in [-0.2, 0) is 7.05 Å². The standard InChI is InChI=1S/C20H22N6O3/c1-25-16-12-21-20(24-22-11-13-6-5-9-15(10-13)29-2)23-17(16)26(19(28)18(25)27)14-7-3-4-8-14/h5-6,9-12,14H,3-4,7-8H2,1-2H3,(H,21,23,24). The molecule has 0 spiro atoms. The van der Waals surface area contributed by atoms with Gasteiger partial charge in [0, 0.05) is 13.1 Å². The highest BCUT2D eigenvalue weighted by atomic mass is 16.5.